The molecule has 0 aliphatic carbocycles. The van der Waals surface area contributed by atoms with Crippen LogP contribution >= 0.6 is 27.5 Å². The molecule has 196 valence electrons. The Hall–Kier alpha value is -2.90. The molecule has 0 spiro atoms. The number of carbonyl (C=O) groups is 1. The zero-order valence-electron chi connectivity index (χ0n) is 21.3. The van der Waals surface area contributed by atoms with Gasteiger partial charge in [-0.05, 0) is 97.1 Å². The second-order valence-electron chi connectivity index (χ2n) is 9.11. The summed E-state index contributed by atoms with van der Waals surface area (Å²) in [5.74, 6) is 0.836. The number of anilines is 3. The first kappa shape index (κ1) is 27.1. The minimum atomic E-state index is -0.242. The lowest BCUT2D eigenvalue weighted by Gasteiger charge is -2.29. The van der Waals surface area contributed by atoms with Gasteiger partial charge in [0, 0.05) is 31.0 Å². The Morgan fingerprint density at radius 3 is 2.43 bits per heavy atom. The fraction of sp³-hybridized carbons (Fsp3) is 0.345. The van der Waals surface area contributed by atoms with Gasteiger partial charge in [-0.2, -0.15) is 0 Å². The molecule has 37 heavy (non-hydrogen) atoms. The molecule has 1 heterocycles. The highest BCUT2D eigenvalue weighted by molar-refractivity contribution is 9.10. The number of rotatable bonds is 10. The van der Waals surface area contributed by atoms with Gasteiger partial charge >= 0.3 is 0 Å². The molecule has 1 aliphatic heterocycles. The summed E-state index contributed by atoms with van der Waals surface area (Å²) < 4.78 is 12.4. The van der Waals surface area contributed by atoms with Crippen molar-refractivity contribution in [2.24, 2.45) is 0 Å². The normalized spacial score (nSPS) is 13.2. The van der Waals surface area contributed by atoms with Crippen molar-refractivity contribution >= 4 is 50.5 Å². The molecule has 1 amide bonds. The summed E-state index contributed by atoms with van der Waals surface area (Å²) in [7, 11) is 0. The summed E-state index contributed by atoms with van der Waals surface area (Å²) in [6.07, 6.45) is 3.71. The van der Waals surface area contributed by atoms with Crippen LogP contribution in [0.4, 0.5) is 17.1 Å². The molecule has 2 N–H and O–H groups in total. The fourth-order valence-corrected chi connectivity index (χ4v) is 5.21. The number of piperidine rings is 1. The first-order valence-corrected chi connectivity index (χ1v) is 13.8. The highest BCUT2D eigenvalue weighted by Gasteiger charge is 2.16. The van der Waals surface area contributed by atoms with Crippen LogP contribution in [0.3, 0.4) is 0 Å². The molecule has 6 nitrogen and oxygen atoms in total. The zero-order valence-corrected chi connectivity index (χ0v) is 23.6. The molecule has 8 heteroatoms. The third-order valence-electron chi connectivity index (χ3n) is 6.19. The van der Waals surface area contributed by atoms with Gasteiger partial charge in [0.2, 0.25) is 0 Å². The number of hydrogen-bond acceptors (Lipinski definition) is 5. The Kier molecular flexibility index (Phi) is 9.58. The predicted molar refractivity (Wildman–Crippen MR) is 155 cm³/mol. The van der Waals surface area contributed by atoms with E-state index < -0.39 is 0 Å². The van der Waals surface area contributed by atoms with Gasteiger partial charge < -0.3 is 25.0 Å². The average molecular weight is 587 g/mol. The van der Waals surface area contributed by atoms with Crippen LogP contribution < -0.4 is 25.0 Å². The van der Waals surface area contributed by atoms with Crippen LogP contribution in [0, 0.1) is 6.92 Å². The third-order valence-corrected chi connectivity index (χ3v) is 7.08. The lowest BCUT2D eigenvalue weighted by molar-refractivity contribution is -0.118. The van der Waals surface area contributed by atoms with E-state index in [2.05, 4.69) is 43.6 Å². The minimum Gasteiger partial charge on any atom is -0.490 e. The molecule has 3 aromatic carbocycles. The molecule has 0 aromatic heterocycles. The number of ether oxygens (including phenoxy) is 2. The molecule has 0 bridgehead atoms. The highest BCUT2D eigenvalue weighted by atomic mass is 79.9. The van der Waals surface area contributed by atoms with Crippen LogP contribution in [0.15, 0.2) is 59.1 Å². The van der Waals surface area contributed by atoms with Crippen molar-refractivity contribution < 1.29 is 14.3 Å². The molecule has 0 radical (unpaired) electrons. The second kappa shape index (κ2) is 13.1. The smallest absolute Gasteiger partial charge is 0.262 e. The van der Waals surface area contributed by atoms with Crippen molar-refractivity contribution in [2.75, 3.05) is 41.8 Å². The van der Waals surface area contributed by atoms with Crippen molar-refractivity contribution in [3.63, 3.8) is 0 Å². The highest BCUT2D eigenvalue weighted by Crippen LogP contribution is 2.37. The molecule has 0 saturated carbocycles. The molecule has 0 atom stereocenters. The molecular weight excluding hydrogens is 554 g/mol. The lowest BCUT2D eigenvalue weighted by Crippen LogP contribution is -2.29. The molecule has 1 aliphatic rings. The second-order valence-corrected chi connectivity index (χ2v) is 10.4. The Morgan fingerprint density at radius 2 is 1.73 bits per heavy atom. The zero-order chi connectivity index (χ0) is 26.2. The van der Waals surface area contributed by atoms with Gasteiger partial charge in [0.1, 0.15) is 0 Å². The maximum absolute atomic E-state index is 12.4. The van der Waals surface area contributed by atoms with Crippen LogP contribution in [0.5, 0.6) is 11.5 Å². The summed E-state index contributed by atoms with van der Waals surface area (Å²) in [6, 6.07) is 17.7. The minimum absolute atomic E-state index is 0.133. The Bertz CT molecular complexity index is 1210. The van der Waals surface area contributed by atoms with E-state index in [0.717, 1.165) is 50.8 Å². The van der Waals surface area contributed by atoms with Crippen molar-refractivity contribution in [3.05, 3.63) is 75.2 Å². The van der Waals surface area contributed by atoms with Crippen LogP contribution in [0.25, 0.3) is 0 Å². The molecule has 4 rings (SSSR count). The summed E-state index contributed by atoms with van der Waals surface area (Å²) in [4.78, 5) is 14.8. The molecule has 0 unspecified atom stereocenters. The largest absolute Gasteiger partial charge is 0.490 e. The van der Waals surface area contributed by atoms with E-state index >= 15 is 0 Å². The van der Waals surface area contributed by atoms with Gasteiger partial charge in [0.15, 0.2) is 18.1 Å². The van der Waals surface area contributed by atoms with Gasteiger partial charge in [-0.15, -0.1) is 0 Å². The summed E-state index contributed by atoms with van der Waals surface area (Å²) in [5, 5.41) is 7.05. The number of amides is 1. The SMILES string of the molecule is CCOc1cc(CNc2ccc(N3CCCCC3)c(Cl)c2)cc(Br)c1OCC(=O)Nc1ccc(C)cc1. The van der Waals surface area contributed by atoms with Gasteiger partial charge in [0.25, 0.3) is 5.91 Å². The molecule has 1 fully saturated rings. The van der Waals surface area contributed by atoms with E-state index in [9.17, 15) is 4.79 Å². The fourth-order valence-electron chi connectivity index (χ4n) is 4.31. The van der Waals surface area contributed by atoms with Gasteiger partial charge in [0.05, 0.1) is 21.8 Å². The van der Waals surface area contributed by atoms with Crippen molar-refractivity contribution in [1.82, 2.24) is 0 Å². The number of benzene rings is 3. The maximum Gasteiger partial charge on any atom is 0.262 e. The average Bonchev–Trinajstić information content (AvgIpc) is 2.89. The van der Waals surface area contributed by atoms with Crippen molar-refractivity contribution in [1.29, 1.82) is 0 Å². The Morgan fingerprint density at radius 1 is 1.00 bits per heavy atom. The van der Waals surface area contributed by atoms with E-state index in [0.29, 0.717) is 24.7 Å². The number of hydrogen-bond donors (Lipinski definition) is 2. The van der Waals surface area contributed by atoms with Crippen molar-refractivity contribution in [2.45, 2.75) is 39.7 Å². The quantitative estimate of drug-likeness (QED) is 0.259. The first-order valence-electron chi connectivity index (χ1n) is 12.7. The molecule has 3 aromatic rings. The monoisotopic (exact) mass is 585 g/mol. The maximum atomic E-state index is 12.4. The summed E-state index contributed by atoms with van der Waals surface area (Å²) >= 11 is 10.2. The summed E-state index contributed by atoms with van der Waals surface area (Å²) in [6.45, 7) is 6.95. The van der Waals surface area contributed by atoms with Crippen LogP contribution in [-0.4, -0.2) is 32.2 Å². The standard InChI is InChI=1S/C29H33BrClN3O3/c1-3-36-27-16-21(18-32-23-11-12-26(25(31)17-23)34-13-5-4-6-14-34)15-24(30)29(27)37-19-28(35)33-22-9-7-20(2)8-10-22/h7-12,15-17,32H,3-6,13-14,18-19H2,1-2H3,(H,33,35). The van der Waals surface area contributed by atoms with E-state index in [1.165, 1.54) is 19.3 Å². The van der Waals surface area contributed by atoms with Crippen LogP contribution in [-0.2, 0) is 11.3 Å². The van der Waals surface area contributed by atoms with E-state index in [-0.39, 0.29) is 12.5 Å². The number of nitrogens with one attached hydrogen (secondary N) is 2. The van der Waals surface area contributed by atoms with E-state index in [1.54, 1.807) is 0 Å². The first-order chi connectivity index (χ1) is 17.9. The third kappa shape index (κ3) is 7.55. The molecule has 1 saturated heterocycles. The summed E-state index contributed by atoms with van der Waals surface area (Å²) in [5.41, 5.74) is 4.91. The number of carbonyl (C=O) groups excluding carboxylic acids is 1. The predicted octanol–water partition coefficient (Wildman–Crippen LogP) is 7.43. The van der Waals surface area contributed by atoms with Crippen molar-refractivity contribution in [3.8, 4) is 11.5 Å². The van der Waals surface area contributed by atoms with E-state index in [1.807, 2.05) is 56.3 Å². The van der Waals surface area contributed by atoms with Gasteiger partial charge in [-0.1, -0.05) is 29.3 Å². The number of nitrogens with zero attached hydrogens (tertiary/aromatic N) is 1. The Balaban J connectivity index is 1.38. The molecular formula is C29H33BrClN3O3. The van der Waals surface area contributed by atoms with Gasteiger partial charge in [-0.3, -0.25) is 4.79 Å². The van der Waals surface area contributed by atoms with E-state index in [4.69, 9.17) is 21.1 Å². The number of aryl methyl sites for hydroxylation is 1. The van der Waals surface area contributed by atoms with Crippen LogP contribution in [0.1, 0.15) is 37.3 Å². The Labute approximate surface area is 232 Å². The van der Waals surface area contributed by atoms with Gasteiger partial charge in [-0.25, -0.2) is 0 Å². The number of halogens is 2. The lowest BCUT2D eigenvalue weighted by atomic mass is 10.1. The topological polar surface area (TPSA) is 62.8 Å². The van der Waals surface area contributed by atoms with Crippen LogP contribution in [0.2, 0.25) is 5.02 Å².